The highest BCUT2D eigenvalue weighted by molar-refractivity contribution is 7.99. The molecule has 2 rings (SSSR count). The molecule has 0 aromatic rings. The van der Waals surface area contributed by atoms with Gasteiger partial charge in [0.25, 0.3) is 0 Å². The van der Waals surface area contributed by atoms with Crippen LogP contribution in [0.15, 0.2) is 0 Å². The van der Waals surface area contributed by atoms with Crippen molar-refractivity contribution >= 4 is 30.1 Å². The minimum atomic E-state index is -0.304. The maximum atomic E-state index is 11.8. The average molecular weight is 281 g/mol. The van der Waals surface area contributed by atoms with E-state index in [9.17, 15) is 9.90 Å². The van der Waals surface area contributed by atoms with Gasteiger partial charge in [0, 0.05) is 31.5 Å². The van der Waals surface area contributed by atoms with Crippen molar-refractivity contribution in [1.82, 2.24) is 10.6 Å². The molecule has 0 aliphatic carbocycles. The molecule has 2 heterocycles. The molecule has 2 unspecified atom stereocenters. The molecule has 2 atom stereocenters. The maximum Gasteiger partial charge on any atom is 0.223 e. The van der Waals surface area contributed by atoms with E-state index < -0.39 is 0 Å². The SMILES string of the molecule is Cl.O=C(NCC1CNCC1O)C1CCSCC1. The van der Waals surface area contributed by atoms with Gasteiger partial charge in [-0.15, -0.1) is 12.4 Å². The lowest BCUT2D eigenvalue weighted by molar-refractivity contribution is -0.125. The molecule has 0 radical (unpaired) electrons. The number of carbonyl (C=O) groups is 1. The molecule has 0 aromatic carbocycles. The third-order valence-electron chi connectivity index (χ3n) is 3.43. The molecular weight excluding hydrogens is 260 g/mol. The van der Waals surface area contributed by atoms with Gasteiger partial charge >= 0.3 is 0 Å². The van der Waals surface area contributed by atoms with Crippen LogP contribution in [0, 0.1) is 11.8 Å². The number of rotatable bonds is 3. The summed E-state index contributed by atoms with van der Waals surface area (Å²) >= 11 is 1.93. The van der Waals surface area contributed by atoms with Gasteiger partial charge < -0.3 is 15.7 Å². The first kappa shape index (κ1) is 15.1. The minimum Gasteiger partial charge on any atom is -0.391 e. The summed E-state index contributed by atoms with van der Waals surface area (Å²) in [5.74, 6) is 2.77. The van der Waals surface area contributed by atoms with Crippen LogP contribution in [0.3, 0.4) is 0 Å². The smallest absolute Gasteiger partial charge is 0.223 e. The summed E-state index contributed by atoms with van der Waals surface area (Å²) in [6.07, 6.45) is 1.70. The summed E-state index contributed by atoms with van der Waals surface area (Å²) in [4.78, 5) is 11.8. The molecule has 2 aliphatic heterocycles. The first-order valence-electron chi connectivity index (χ1n) is 6.01. The van der Waals surface area contributed by atoms with Crippen LogP contribution < -0.4 is 10.6 Å². The van der Waals surface area contributed by atoms with Crippen LogP contribution in [0.5, 0.6) is 0 Å². The van der Waals surface area contributed by atoms with Gasteiger partial charge in [0.2, 0.25) is 5.91 Å². The molecular formula is C11H21ClN2O2S. The van der Waals surface area contributed by atoms with Crippen molar-refractivity contribution in [2.45, 2.75) is 18.9 Å². The van der Waals surface area contributed by atoms with E-state index in [0.717, 1.165) is 30.9 Å². The van der Waals surface area contributed by atoms with Gasteiger partial charge in [0.05, 0.1) is 6.10 Å². The Morgan fingerprint density at radius 2 is 2.06 bits per heavy atom. The zero-order valence-corrected chi connectivity index (χ0v) is 11.5. The minimum absolute atomic E-state index is 0. The zero-order valence-electron chi connectivity index (χ0n) is 9.85. The summed E-state index contributed by atoms with van der Waals surface area (Å²) in [6.45, 7) is 2.07. The average Bonchev–Trinajstić information content (AvgIpc) is 2.73. The Balaban J connectivity index is 0.00000144. The van der Waals surface area contributed by atoms with E-state index in [4.69, 9.17) is 0 Å². The number of aliphatic hydroxyl groups is 1. The lowest BCUT2D eigenvalue weighted by Crippen LogP contribution is -2.38. The van der Waals surface area contributed by atoms with Gasteiger partial charge in [-0.3, -0.25) is 4.79 Å². The molecule has 100 valence electrons. The first-order valence-corrected chi connectivity index (χ1v) is 7.17. The van der Waals surface area contributed by atoms with Crippen molar-refractivity contribution < 1.29 is 9.90 Å². The van der Waals surface area contributed by atoms with Crippen LogP contribution in [-0.2, 0) is 4.79 Å². The van der Waals surface area contributed by atoms with E-state index in [2.05, 4.69) is 10.6 Å². The van der Waals surface area contributed by atoms with E-state index in [1.165, 1.54) is 0 Å². The fraction of sp³-hybridized carbons (Fsp3) is 0.909. The number of hydrogen-bond acceptors (Lipinski definition) is 4. The molecule has 4 nitrogen and oxygen atoms in total. The number of hydrogen-bond donors (Lipinski definition) is 3. The number of nitrogens with one attached hydrogen (secondary N) is 2. The predicted octanol–water partition coefficient (Wildman–Crippen LogP) is 0.248. The van der Waals surface area contributed by atoms with Gasteiger partial charge in [-0.1, -0.05) is 0 Å². The zero-order chi connectivity index (χ0) is 11.4. The van der Waals surface area contributed by atoms with Crippen molar-refractivity contribution in [3.63, 3.8) is 0 Å². The van der Waals surface area contributed by atoms with Gasteiger partial charge in [-0.2, -0.15) is 11.8 Å². The Morgan fingerprint density at radius 1 is 1.35 bits per heavy atom. The third-order valence-corrected chi connectivity index (χ3v) is 4.48. The molecule has 1 amide bonds. The topological polar surface area (TPSA) is 61.4 Å². The summed E-state index contributed by atoms with van der Waals surface area (Å²) in [7, 11) is 0. The first-order chi connectivity index (χ1) is 7.77. The van der Waals surface area contributed by atoms with E-state index in [1.807, 2.05) is 11.8 Å². The van der Waals surface area contributed by atoms with Crippen LogP contribution in [0.4, 0.5) is 0 Å². The molecule has 2 aliphatic rings. The Morgan fingerprint density at radius 3 is 2.65 bits per heavy atom. The molecule has 3 N–H and O–H groups in total. The highest BCUT2D eigenvalue weighted by atomic mass is 35.5. The second-order valence-corrected chi connectivity index (χ2v) is 5.84. The lowest BCUT2D eigenvalue weighted by Gasteiger charge is -2.22. The molecule has 17 heavy (non-hydrogen) atoms. The number of carbonyl (C=O) groups excluding carboxylic acids is 1. The highest BCUT2D eigenvalue weighted by Gasteiger charge is 2.27. The molecule has 0 bridgehead atoms. The molecule has 0 saturated carbocycles. The van der Waals surface area contributed by atoms with E-state index in [-0.39, 0.29) is 36.3 Å². The maximum absolute atomic E-state index is 11.8. The fourth-order valence-electron chi connectivity index (χ4n) is 2.26. The predicted molar refractivity (Wildman–Crippen MR) is 72.7 cm³/mol. The number of β-amino-alcohol motifs (C(OH)–C–C–N with tert-alkyl or cyclic N) is 1. The molecule has 2 fully saturated rings. The monoisotopic (exact) mass is 280 g/mol. The van der Waals surface area contributed by atoms with Crippen LogP contribution in [-0.4, -0.2) is 48.3 Å². The van der Waals surface area contributed by atoms with Crippen molar-refractivity contribution in [1.29, 1.82) is 0 Å². The number of thioether (sulfide) groups is 1. The summed E-state index contributed by atoms with van der Waals surface area (Å²) in [6, 6.07) is 0. The van der Waals surface area contributed by atoms with Crippen LogP contribution in [0.2, 0.25) is 0 Å². The number of amides is 1. The van der Waals surface area contributed by atoms with E-state index in [1.54, 1.807) is 0 Å². The molecule has 0 spiro atoms. The Labute approximate surface area is 113 Å². The fourth-order valence-corrected chi connectivity index (χ4v) is 3.37. The third kappa shape index (κ3) is 4.32. The molecule has 0 aromatic heterocycles. The van der Waals surface area contributed by atoms with Crippen LogP contribution in [0.25, 0.3) is 0 Å². The molecule has 2 saturated heterocycles. The number of aliphatic hydroxyl groups excluding tert-OH is 1. The Bertz CT molecular complexity index is 250. The van der Waals surface area contributed by atoms with E-state index in [0.29, 0.717) is 13.1 Å². The largest absolute Gasteiger partial charge is 0.391 e. The van der Waals surface area contributed by atoms with Crippen molar-refractivity contribution in [3.8, 4) is 0 Å². The number of halogens is 1. The van der Waals surface area contributed by atoms with Gasteiger partial charge in [-0.25, -0.2) is 0 Å². The van der Waals surface area contributed by atoms with Crippen molar-refractivity contribution in [2.24, 2.45) is 11.8 Å². The van der Waals surface area contributed by atoms with Gasteiger partial charge in [-0.05, 0) is 24.3 Å². The highest BCUT2D eigenvalue weighted by Crippen LogP contribution is 2.22. The second kappa shape index (κ2) is 7.46. The quantitative estimate of drug-likeness (QED) is 0.694. The summed E-state index contributed by atoms with van der Waals surface area (Å²) < 4.78 is 0. The summed E-state index contributed by atoms with van der Waals surface area (Å²) in [5.41, 5.74) is 0. The van der Waals surface area contributed by atoms with Crippen LogP contribution in [0.1, 0.15) is 12.8 Å². The summed E-state index contributed by atoms with van der Waals surface area (Å²) in [5, 5.41) is 15.7. The van der Waals surface area contributed by atoms with Crippen molar-refractivity contribution in [3.05, 3.63) is 0 Å². The standard InChI is InChI=1S/C11H20N2O2S.ClH/c14-10-7-12-5-9(10)6-13-11(15)8-1-3-16-4-2-8;/h8-10,12,14H,1-7H2,(H,13,15);1H. The normalized spacial score (nSPS) is 29.7. The Hall–Kier alpha value is 0.0300. The molecule has 6 heteroatoms. The van der Waals surface area contributed by atoms with E-state index >= 15 is 0 Å². The van der Waals surface area contributed by atoms with Crippen LogP contribution >= 0.6 is 24.2 Å². The van der Waals surface area contributed by atoms with Gasteiger partial charge in [0.15, 0.2) is 0 Å². The lowest BCUT2D eigenvalue weighted by atomic mass is 10.0. The second-order valence-electron chi connectivity index (χ2n) is 4.62. The van der Waals surface area contributed by atoms with Gasteiger partial charge in [0.1, 0.15) is 0 Å². The van der Waals surface area contributed by atoms with Crippen molar-refractivity contribution in [2.75, 3.05) is 31.1 Å². The Kier molecular flexibility index (Phi) is 6.62.